The van der Waals surface area contributed by atoms with Crippen molar-refractivity contribution >= 4 is 23.9 Å². The van der Waals surface area contributed by atoms with Crippen molar-refractivity contribution in [3.8, 4) is 0 Å². The first-order chi connectivity index (χ1) is 21.1. The summed E-state index contributed by atoms with van der Waals surface area (Å²) in [7, 11) is 0. The van der Waals surface area contributed by atoms with Gasteiger partial charge in [-0.3, -0.25) is 14.4 Å². The van der Waals surface area contributed by atoms with Crippen LogP contribution in [0.15, 0.2) is 35.5 Å². The van der Waals surface area contributed by atoms with Gasteiger partial charge >= 0.3 is 0 Å². The Kier molecular flexibility index (Phi) is 25.5. The molecule has 14 heteroatoms. The monoisotopic (exact) mass is 612 g/mol. The van der Waals surface area contributed by atoms with Crippen molar-refractivity contribution in [1.82, 2.24) is 16.0 Å². The number of amides is 3. The van der Waals surface area contributed by atoms with Crippen molar-refractivity contribution in [3.05, 3.63) is 35.9 Å². The number of ether oxygens (including phenoxy) is 6. The van der Waals surface area contributed by atoms with Gasteiger partial charge in [0, 0.05) is 19.6 Å². The molecule has 0 saturated carbocycles. The van der Waals surface area contributed by atoms with Crippen LogP contribution in [0.5, 0.6) is 0 Å². The first-order valence-electron chi connectivity index (χ1n) is 14.6. The molecule has 0 saturated heterocycles. The summed E-state index contributed by atoms with van der Waals surface area (Å²) in [6.45, 7) is 7.00. The van der Waals surface area contributed by atoms with E-state index in [1.54, 1.807) is 6.21 Å². The number of nitrogens with one attached hydrogen (secondary N) is 3. The molecule has 3 amide bonds. The molecular weight excluding hydrogens is 564 g/mol. The number of carbonyl (C=O) groups is 3. The second-order valence-electron chi connectivity index (χ2n) is 8.88. The fraction of sp³-hybridized carbons (Fsp3) is 0.655. The maximum Gasteiger partial charge on any atom is 0.260 e. The zero-order valence-corrected chi connectivity index (χ0v) is 25.2. The first-order valence-corrected chi connectivity index (χ1v) is 14.6. The highest BCUT2D eigenvalue weighted by atomic mass is 16.6. The van der Waals surface area contributed by atoms with E-state index in [1.165, 1.54) is 0 Å². The zero-order valence-electron chi connectivity index (χ0n) is 25.2. The predicted molar refractivity (Wildman–Crippen MR) is 159 cm³/mol. The molecule has 0 unspecified atom stereocenters. The molecule has 0 spiro atoms. The Morgan fingerprint density at radius 2 is 1.05 bits per heavy atom. The van der Waals surface area contributed by atoms with Gasteiger partial charge in [0.15, 0.2) is 6.61 Å². The molecule has 0 aliphatic rings. The Balaban J connectivity index is 1.74. The van der Waals surface area contributed by atoms with Crippen LogP contribution in [0.4, 0.5) is 0 Å². The Hall–Kier alpha value is -3.14. The van der Waals surface area contributed by atoms with Crippen molar-refractivity contribution in [3.63, 3.8) is 0 Å². The van der Waals surface area contributed by atoms with Gasteiger partial charge in [0.2, 0.25) is 11.8 Å². The molecule has 3 N–H and O–H groups in total. The number of hydrogen-bond acceptors (Lipinski definition) is 11. The Labute approximate surface area is 254 Å². The van der Waals surface area contributed by atoms with Crippen LogP contribution in [0.3, 0.4) is 0 Å². The fourth-order valence-corrected chi connectivity index (χ4v) is 3.03. The van der Waals surface area contributed by atoms with Crippen LogP contribution in [-0.2, 0) is 47.6 Å². The predicted octanol–water partition coefficient (Wildman–Crippen LogP) is 0.285. The van der Waals surface area contributed by atoms with E-state index in [0.717, 1.165) is 18.4 Å². The largest absolute Gasteiger partial charge is 0.386 e. The van der Waals surface area contributed by atoms with E-state index in [9.17, 15) is 14.4 Å². The molecule has 0 radical (unpaired) electrons. The molecule has 1 aromatic rings. The minimum Gasteiger partial charge on any atom is -0.386 e. The van der Waals surface area contributed by atoms with Crippen molar-refractivity contribution < 1.29 is 47.6 Å². The molecule has 0 bridgehead atoms. The lowest BCUT2D eigenvalue weighted by atomic mass is 10.2. The fourth-order valence-electron chi connectivity index (χ4n) is 3.03. The zero-order chi connectivity index (χ0) is 31.1. The topological polar surface area (TPSA) is 164 Å². The summed E-state index contributed by atoms with van der Waals surface area (Å²) < 4.78 is 32.1. The molecule has 1 aromatic carbocycles. The molecule has 43 heavy (non-hydrogen) atoms. The summed E-state index contributed by atoms with van der Waals surface area (Å²) >= 11 is 0. The second kappa shape index (κ2) is 29.0. The van der Waals surface area contributed by atoms with Gasteiger partial charge in [-0.05, 0) is 12.0 Å². The van der Waals surface area contributed by atoms with Gasteiger partial charge in [-0.25, -0.2) is 0 Å². The van der Waals surface area contributed by atoms with E-state index >= 15 is 0 Å². The van der Waals surface area contributed by atoms with Gasteiger partial charge in [-0.15, -0.1) is 0 Å². The summed E-state index contributed by atoms with van der Waals surface area (Å²) in [5, 5.41) is 11.8. The van der Waals surface area contributed by atoms with Gasteiger partial charge in [0.1, 0.15) is 13.2 Å². The molecular formula is C29H48N4O10. The highest BCUT2D eigenvalue weighted by Crippen LogP contribution is 1.94. The average molecular weight is 613 g/mol. The summed E-state index contributed by atoms with van der Waals surface area (Å²) in [5.74, 6) is -0.803. The summed E-state index contributed by atoms with van der Waals surface area (Å²) in [4.78, 5) is 39.7. The van der Waals surface area contributed by atoms with Crippen LogP contribution >= 0.6 is 0 Å². The lowest BCUT2D eigenvalue weighted by Crippen LogP contribution is -2.33. The van der Waals surface area contributed by atoms with E-state index in [0.29, 0.717) is 85.7 Å². The number of rotatable bonds is 29. The number of hydrogen-bond donors (Lipinski definition) is 3. The molecule has 0 atom stereocenters. The summed E-state index contributed by atoms with van der Waals surface area (Å²) in [6, 6.07) is 9.45. The van der Waals surface area contributed by atoms with Crippen LogP contribution in [-0.4, -0.2) is 129 Å². The van der Waals surface area contributed by atoms with Gasteiger partial charge in [-0.1, -0.05) is 48.8 Å². The van der Waals surface area contributed by atoms with E-state index < -0.39 is 0 Å². The third-order valence-electron chi connectivity index (χ3n) is 5.22. The highest BCUT2D eigenvalue weighted by Gasteiger charge is 2.05. The molecule has 0 fully saturated rings. The molecule has 244 valence electrons. The van der Waals surface area contributed by atoms with E-state index in [4.69, 9.17) is 33.3 Å². The van der Waals surface area contributed by atoms with Crippen molar-refractivity contribution in [1.29, 1.82) is 0 Å². The van der Waals surface area contributed by atoms with Crippen molar-refractivity contribution in [2.75, 3.05) is 106 Å². The van der Waals surface area contributed by atoms with E-state index in [-0.39, 0.29) is 37.5 Å². The van der Waals surface area contributed by atoms with Crippen molar-refractivity contribution in [2.45, 2.75) is 19.8 Å². The number of oxime groups is 1. The number of nitrogens with zero attached hydrogens (tertiary/aromatic N) is 1. The molecule has 14 nitrogen and oxygen atoms in total. The minimum atomic E-state index is -0.302. The smallest absolute Gasteiger partial charge is 0.260 e. The summed E-state index contributed by atoms with van der Waals surface area (Å²) in [6.07, 6.45) is 3.46. The summed E-state index contributed by atoms with van der Waals surface area (Å²) in [5.41, 5.74) is 0.889. The van der Waals surface area contributed by atoms with E-state index in [2.05, 4.69) is 21.1 Å². The van der Waals surface area contributed by atoms with Crippen LogP contribution in [0.2, 0.25) is 0 Å². The van der Waals surface area contributed by atoms with Gasteiger partial charge in [0.25, 0.3) is 5.91 Å². The van der Waals surface area contributed by atoms with E-state index in [1.807, 2.05) is 37.3 Å². The Bertz CT molecular complexity index is 861. The van der Waals surface area contributed by atoms with Crippen LogP contribution in [0.1, 0.15) is 25.3 Å². The molecule has 0 aliphatic carbocycles. The maximum atomic E-state index is 11.7. The molecule has 0 aliphatic heterocycles. The Morgan fingerprint density at radius 3 is 1.53 bits per heavy atom. The number of unbranched alkanes of at least 4 members (excludes halogenated alkanes) is 1. The van der Waals surface area contributed by atoms with Gasteiger partial charge < -0.3 is 49.2 Å². The standard InChI is InChI=1S/C29H48N4O10/c1-2-3-9-30-27(34)23-42-24-28(35)31-10-12-37-14-16-39-18-20-41-21-19-40-17-15-38-13-11-32-29(36)25-43-33-22-26-7-5-4-6-8-26/h4-8,22H,2-3,9-21,23-25H2,1H3,(H,30,34)(H,31,35)(H,32,36). The van der Waals surface area contributed by atoms with Gasteiger partial charge in [-0.2, -0.15) is 0 Å². The third-order valence-corrected chi connectivity index (χ3v) is 5.22. The minimum absolute atomic E-state index is 0.134. The number of carbonyl (C=O) groups excluding carboxylic acids is 3. The van der Waals surface area contributed by atoms with Crippen LogP contribution < -0.4 is 16.0 Å². The molecule has 0 heterocycles. The number of benzene rings is 1. The van der Waals surface area contributed by atoms with Gasteiger partial charge in [0.05, 0.1) is 72.3 Å². The maximum absolute atomic E-state index is 11.7. The molecule has 1 rings (SSSR count). The average Bonchev–Trinajstić information content (AvgIpc) is 3.01. The quantitative estimate of drug-likeness (QED) is 0.0651. The second-order valence-corrected chi connectivity index (χ2v) is 8.88. The lowest BCUT2D eigenvalue weighted by molar-refractivity contribution is -0.131. The normalized spacial score (nSPS) is 11.0. The third kappa shape index (κ3) is 26.2. The van der Waals surface area contributed by atoms with Crippen LogP contribution in [0, 0.1) is 0 Å². The van der Waals surface area contributed by atoms with Crippen LogP contribution in [0.25, 0.3) is 0 Å². The Morgan fingerprint density at radius 1 is 0.605 bits per heavy atom. The highest BCUT2D eigenvalue weighted by molar-refractivity contribution is 5.80. The first kappa shape index (κ1) is 37.9. The SMILES string of the molecule is CCCCNC(=O)COCC(=O)NCCOCCOCCOCCOCCOCCNC(=O)CON=Cc1ccccc1. The van der Waals surface area contributed by atoms with Crippen molar-refractivity contribution in [2.24, 2.45) is 5.16 Å². The molecule has 0 aromatic heterocycles. The lowest BCUT2D eigenvalue weighted by Gasteiger charge is -2.09.